The predicted octanol–water partition coefficient (Wildman–Crippen LogP) is 1.68. The van der Waals surface area contributed by atoms with Crippen LogP contribution in [0.25, 0.3) is 0 Å². The second-order valence-corrected chi connectivity index (χ2v) is 2.34. The van der Waals surface area contributed by atoms with Crippen molar-refractivity contribution in [3.63, 3.8) is 0 Å². The highest BCUT2D eigenvalue weighted by molar-refractivity contribution is 5.75. The number of rotatable bonds is 4. The van der Waals surface area contributed by atoms with Crippen LogP contribution in [0.1, 0.15) is 19.8 Å². The normalized spacial score (nSPS) is 7.77. The van der Waals surface area contributed by atoms with Crippen molar-refractivity contribution in [1.29, 1.82) is 0 Å². The second kappa shape index (κ2) is 8.52. The van der Waals surface area contributed by atoms with Crippen molar-refractivity contribution in [2.24, 2.45) is 0 Å². The number of carbonyl (C=O) groups is 2. The number of hydrogen-bond acceptors (Lipinski definition) is 2. The van der Waals surface area contributed by atoms with Crippen LogP contribution < -0.4 is 0 Å². The maximum Gasteiger partial charge on any atom is 0.303 e. The van der Waals surface area contributed by atoms with Gasteiger partial charge in [0.15, 0.2) is 0 Å². The first-order valence-electron chi connectivity index (χ1n) is 3.61. The lowest BCUT2D eigenvalue weighted by Gasteiger charge is -1.85. The molecule has 0 aliphatic carbocycles. The summed E-state index contributed by atoms with van der Waals surface area (Å²) in [6.07, 6.45) is 1.13. The fourth-order valence-electron chi connectivity index (χ4n) is 0.214. The minimum absolute atomic E-state index is 0.296. The summed E-state index contributed by atoms with van der Waals surface area (Å²) >= 11 is 0. The molecule has 4 heteroatoms. The molecule has 0 aromatic carbocycles. The van der Waals surface area contributed by atoms with Crippen LogP contribution in [0.2, 0.25) is 0 Å². The van der Waals surface area contributed by atoms with E-state index >= 15 is 0 Å². The Morgan fingerprint density at radius 3 is 1.54 bits per heavy atom. The zero-order valence-electron chi connectivity index (χ0n) is 7.62. The Kier molecular flexibility index (Phi) is 9.15. The molecule has 0 heterocycles. The molecule has 13 heavy (non-hydrogen) atoms. The van der Waals surface area contributed by atoms with Gasteiger partial charge in [0, 0.05) is 0 Å². The summed E-state index contributed by atoms with van der Waals surface area (Å²) in [5.41, 5.74) is 1.02. The van der Waals surface area contributed by atoms with Gasteiger partial charge in [0.05, 0.1) is 12.8 Å². The largest absolute Gasteiger partial charge is 0.481 e. The Bertz CT molecular complexity index is 192. The van der Waals surface area contributed by atoms with E-state index in [1.165, 1.54) is 0 Å². The van der Waals surface area contributed by atoms with Gasteiger partial charge < -0.3 is 10.2 Å². The number of aliphatic carboxylic acids is 2. The minimum Gasteiger partial charge on any atom is -0.481 e. The van der Waals surface area contributed by atoms with Crippen molar-refractivity contribution in [3.05, 3.63) is 24.8 Å². The molecule has 4 nitrogen and oxygen atoms in total. The van der Waals surface area contributed by atoms with Gasteiger partial charge in [-0.25, -0.2) is 0 Å². The molecule has 74 valence electrons. The van der Waals surface area contributed by atoms with Gasteiger partial charge >= 0.3 is 11.9 Å². The van der Waals surface area contributed by atoms with E-state index in [0.717, 1.165) is 5.57 Å². The fourth-order valence-corrected chi connectivity index (χ4v) is 0.214. The first-order chi connectivity index (χ1) is 5.90. The maximum absolute atomic E-state index is 9.64. The quantitative estimate of drug-likeness (QED) is 0.655. The molecule has 0 radical (unpaired) electrons. The maximum atomic E-state index is 9.64. The molecule has 0 aliphatic rings. The van der Waals surface area contributed by atoms with E-state index in [2.05, 4.69) is 13.2 Å². The van der Waals surface area contributed by atoms with Crippen molar-refractivity contribution in [1.82, 2.24) is 0 Å². The van der Waals surface area contributed by atoms with Crippen LogP contribution in [-0.4, -0.2) is 22.2 Å². The summed E-state index contributed by atoms with van der Waals surface area (Å²) in [5, 5.41) is 15.8. The third-order valence-electron chi connectivity index (χ3n) is 0.901. The van der Waals surface area contributed by atoms with Crippen molar-refractivity contribution in [3.8, 4) is 0 Å². The SMILES string of the molecule is C=CC(=C)C.O=C(O)CCC(=O)O. The molecule has 0 atom stereocenters. The molecule has 0 saturated carbocycles. The van der Waals surface area contributed by atoms with Gasteiger partial charge in [0.25, 0.3) is 0 Å². The van der Waals surface area contributed by atoms with Gasteiger partial charge in [-0.2, -0.15) is 0 Å². The van der Waals surface area contributed by atoms with Gasteiger partial charge in [-0.3, -0.25) is 9.59 Å². The molecule has 0 aromatic heterocycles. The lowest BCUT2D eigenvalue weighted by atomic mass is 10.3. The highest BCUT2D eigenvalue weighted by Crippen LogP contribution is 1.86. The van der Waals surface area contributed by atoms with E-state index < -0.39 is 11.9 Å². The van der Waals surface area contributed by atoms with Gasteiger partial charge in [-0.05, 0) is 6.92 Å². The number of carboxylic acids is 2. The average molecular weight is 186 g/mol. The Morgan fingerprint density at radius 1 is 1.23 bits per heavy atom. The Balaban J connectivity index is 0. The van der Waals surface area contributed by atoms with Crippen LogP contribution in [0.4, 0.5) is 0 Å². The topological polar surface area (TPSA) is 74.6 Å². The molecule has 0 fully saturated rings. The molecule has 0 aromatic rings. The molecular weight excluding hydrogens is 172 g/mol. The first kappa shape index (κ1) is 14.0. The van der Waals surface area contributed by atoms with Crippen molar-refractivity contribution >= 4 is 11.9 Å². The molecule has 0 saturated heterocycles. The second-order valence-electron chi connectivity index (χ2n) is 2.34. The van der Waals surface area contributed by atoms with E-state index in [1.54, 1.807) is 6.08 Å². The fraction of sp³-hybridized carbons (Fsp3) is 0.333. The third-order valence-corrected chi connectivity index (χ3v) is 0.901. The van der Waals surface area contributed by atoms with Crippen LogP contribution in [0.5, 0.6) is 0 Å². The molecule has 0 unspecified atom stereocenters. The number of allylic oxidation sites excluding steroid dienone is 2. The van der Waals surface area contributed by atoms with Gasteiger partial charge in [0.2, 0.25) is 0 Å². The lowest BCUT2D eigenvalue weighted by Crippen LogP contribution is -2.00. The zero-order chi connectivity index (χ0) is 10.9. The van der Waals surface area contributed by atoms with Crippen molar-refractivity contribution in [2.45, 2.75) is 19.8 Å². The van der Waals surface area contributed by atoms with Crippen LogP contribution in [0, 0.1) is 0 Å². The van der Waals surface area contributed by atoms with Crippen molar-refractivity contribution in [2.75, 3.05) is 0 Å². The molecule has 2 N–H and O–H groups in total. The van der Waals surface area contributed by atoms with E-state index in [4.69, 9.17) is 10.2 Å². The summed E-state index contributed by atoms with van der Waals surface area (Å²) in [5.74, 6) is -2.15. The monoisotopic (exact) mass is 186 g/mol. The summed E-state index contributed by atoms with van der Waals surface area (Å²) in [7, 11) is 0. The number of carboxylic acid groups (broad SMARTS) is 2. The average Bonchev–Trinajstić information content (AvgIpc) is 2.02. The van der Waals surface area contributed by atoms with Crippen molar-refractivity contribution < 1.29 is 19.8 Å². The van der Waals surface area contributed by atoms with Crippen LogP contribution in [0.3, 0.4) is 0 Å². The minimum atomic E-state index is -1.08. The first-order valence-corrected chi connectivity index (χ1v) is 3.61. The summed E-state index contributed by atoms with van der Waals surface area (Å²) in [4.78, 5) is 19.3. The summed E-state index contributed by atoms with van der Waals surface area (Å²) in [6, 6.07) is 0. The Morgan fingerprint density at radius 2 is 1.46 bits per heavy atom. The smallest absolute Gasteiger partial charge is 0.303 e. The van der Waals surface area contributed by atoms with Gasteiger partial charge in [0.1, 0.15) is 0 Å². The van der Waals surface area contributed by atoms with Crippen LogP contribution in [-0.2, 0) is 9.59 Å². The lowest BCUT2D eigenvalue weighted by molar-refractivity contribution is -0.143. The van der Waals surface area contributed by atoms with E-state index in [1.807, 2.05) is 6.92 Å². The zero-order valence-corrected chi connectivity index (χ0v) is 7.62. The van der Waals surface area contributed by atoms with Gasteiger partial charge in [-0.1, -0.05) is 24.8 Å². The highest BCUT2D eigenvalue weighted by atomic mass is 16.4. The molecule has 0 spiro atoms. The van der Waals surface area contributed by atoms with E-state index in [-0.39, 0.29) is 12.8 Å². The standard InChI is InChI=1S/C5H8.C4H6O4/c1-4-5(2)3;5-3(6)1-2-4(7)8/h4H,1-2H2,3H3;1-2H2,(H,5,6)(H,7,8). The summed E-state index contributed by atoms with van der Waals surface area (Å²) < 4.78 is 0. The van der Waals surface area contributed by atoms with E-state index in [9.17, 15) is 9.59 Å². The third kappa shape index (κ3) is 25.1. The van der Waals surface area contributed by atoms with Crippen LogP contribution >= 0.6 is 0 Å². The molecule has 0 amide bonds. The van der Waals surface area contributed by atoms with Crippen LogP contribution in [0.15, 0.2) is 24.8 Å². The number of hydrogen-bond donors (Lipinski definition) is 2. The summed E-state index contributed by atoms with van der Waals surface area (Å²) in [6.45, 7) is 8.93. The molecule has 0 aliphatic heterocycles. The van der Waals surface area contributed by atoms with E-state index in [0.29, 0.717) is 0 Å². The molecule has 0 bridgehead atoms. The Hall–Kier alpha value is -1.58. The molecule has 0 rings (SSSR count). The predicted molar refractivity (Wildman–Crippen MR) is 49.5 cm³/mol. The molecular formula is C9H14O4. The highest BCUT2D eigenvalue weighted by Gasteiger charge is 2.00. The Labute approximate surface area is 77.2 Å². The van der Waals surface area contributed by atoms with Gasteiger partial charge in [-0.15, -0.1) is 0 Å².